The van der Waals surface area contributed by atoms with E-state index >= 15 is 0 Å². The lowest BCUT2D eigenvalue weighted by atomic mass is 10.1. The van der Waals surface area contributed by atoms with Crippen LogP contribution in [0.5, 0.6) is 11.5 Å². The fraction of sp³-hybridized carbons (Fsp3) is 0.381. The van der Waals surface area contributed by atoms with Gasteiger partial charge < -0.3 is 14.8 Å². The van der Waals surface area contributed by atoms with Crippen LogP contribution in [0, 0.1) is 11.3 Å². The van der Waals surface area contributed by atoms with E-state index in [1.807, 2.05) is 26.8 Å². The van der Waals surface area contributed by atoms with Crippen molar-refractivity contribution < 1.29 is 14.3 Å². The molecule has 0 saturated carbocycles. The number of ether oxygens (including phenoxy) is 2. The van der Waals surface area contributed by atoms with E-state index in [9.17, 15) is 10.1 Å². The summed E-state index contributed by atoms with van der Waals surface area (Å²) in [4.78, 5) is 17.5. The monoisotopic (exact) mass is 433 g/mol. The normalized spacial score (nSPS) is 11.7. The molecule has 0 radical (unpaired) electrons. The van der Waals surface area contributed by atoms with Crippen LogP contribution in [-0.4, -0.2) is 30.4 Å². The summed E-state index contributed by atoms with van der Waals surface area (Å²) in [5.74, 6) is 0.896. The Morgan fingerprint density at radius 2 is 1.97 bits per heavy atom. The molecule has 1 N–H and O–H groups in total. The Balaban J connectivity index is 2.28. The number of benzene rings is 1. The van der Waals surface area contributed by atoms with Crippen molar-refractivity contribution in [2.24, 2.45) is 0 Å². The fourth-order valence-electron chi connectivity index (χ4n) is 2.58. The van der Waals surface area contributed by atoms with E-state index in [-0.39, 0.29) is 11.8 Å². The molecule has 0 aliphatic heterocycles. The van der Waals surface area contributed by atoms with Crippen LogP contribution in [0.25, 0.3) is 0 Å². The molecule has 0 bridgehead atoms. The van der Waals surface area contributed by atoms with Gasteiger partial charge in [0.25, 0.3) is 0 Å². The molecule has 8 heteroatoms. The van der Waals surface area contributed by atoms with Crippen LogP contribution in [0.2, 0.25) is 5.02 Å². The zero-order valence-electron chi connectivity index (χ0n) is 17.1. The lowest BCUT2D eigenvalue weighted by Gasteiger charge is -2.18. The summed E-state index contributed by atoms with van der Waals surface area (Å²) in [5, 5.41) is 12.8. The molecule has 1 unspecified atom stereocenters. The molecule has 1 atom stereocenters. The number of nitrogens with zero attached hydrogens (tertiary/aromatic N) is 2. The maximum Gasteiger partial charge on any atom is 0.238 e. The number of thioether (sulfide) groups is 1. The van der Waals surface area contributed by atoms with Crippen LogP contribution in [-0.2, 0) is 4.79 Å². The highest BCUT2D eigenvalue weighted by molar-refractivity contribution is 8.00. The summed E-state index contributed by atoms with van der Waals surface area (Å²) < 4.78 is 10.5. The van der Waals surface area contributed by atoms with E-state index in [0.717, 1.165) is 5.69 Å². The van der Waals surface area contributed by atoms with Crippen molar-refractivity contribution in [2.75, 3.05) is 19.5 Å². The van der Waals surface area contributed by atoms with Gasteiger partial charge in [0.2, 0.25) is 5.91 Å². The van der Waals surface area contributed by atoms with Crippen LogP contribution < -0.4 is 14.8 Å². The quantitative estimate of drug-likeness (QED) is 0.572. The fourth-order valence-corrected chi connectivity index (χ4v) is 3.82. The maximum absolute atomic E-state index is 12.9. The largest absolute Gasteiger partial charge is 0.495 e. The SMILES string of the molecule is CCC(Sc1nc(C(C)C)ccc1C#N)C(=O)Nc1cc(Cl)c(OC)cc1OC. The van der Waals surface area contributed by atoms with Crippen LogP contribution in [0.1, 0.15) is 44.4 Å². The predicted molar refractivity (Wildman–Crippen MR) is 116 cm³/mol. The lowest BCUT2D eigenvalue weighted by Crippen LogP contribution is -2.25. The molecule has 1 heterocycles. The third kappa shape index (κ3) is 5.55. The van der Waals surface area contributed by atoms with Crippen molar-refractivity contribution in [3.63, 3.8) is 0 Å². The van der Waals surface area contributed by atoms with Crippen molar-refractivity contribution in [1.82, 2.24) is 4.98 Å². The highest BCUT2D eigenvalue weighted by Crippen LogP contribution is 2.37. The third-order valence-corrected chi connectivity index (χ3v) is 5.90. The van der Waals surface area contributed by atoms with Crippen LogP contribution >= 0.6 is 23.4 Å². The average molecular weight is 434 g/mol. The second kappa shape index (κ2) is 10.4. The number of nitrogens with one attached hydrogen (secondary N) is 1. The van der Waals surface area contributed by atoms with Crippen LogP contribution in [0.15, 0.2) is 29.3 Å². The number of hydrogen-bond donors (Lipinski definition) is 1. The lowest BCUT2D eigenvalue weighted by molar-refractivity contribution is -0.115. The predicted octanol–water partition coefficient (Wildman–Crippen LogP) is 5.26. The first-order valence-corrected chi connectivity index (χ1v) is 10.4. The number of amides is 1. The number of methoxy groups -OCH3 is 2. The number of carbonyl (C=O) groups excluding carboxylic acids is 1. The van der Waals surface area contributed by atoms with Gasteiger partial charge in [-0.1, -0.05) is 44.1 Å². The molecule has 1 aromatic heterocycles. The summed E-state index contributed by atoms with van der Waals surface area (Å²) in [6.07, 6.45) is 0.557. The van der Waals surface area contributed by atoms with E-state index in [0.29, 0.717) is 39.2 Å². The van der Waals surface area contributed by atoms with E-state index in [2.05, 4.69) is 16.4 Å². The molecule has 0 aliphatic carbocycles. The van der Waals surface area contributed by atoms with Gasteiger partial charge in [-0.3, -0.25) is 4.79 Å². The van der Waals surface area contributed by atoms with Gasteiger partial charge in [0.05, 0.1) is 35.7 Å². The Labute approximate surface area is 180 Å². The molecule has 1 aromatic carbocycles. The number of anilines is 1. The first kappa shape index (κ1) is 22.9. The Hall–Kier alpha value is -2.43. The molecule has 2 aromatic rings. The van der Waals surface area contributed by atoms with E-state index < -0.39 is 5.25 Å². The third-order valence-electron chi connectivity index (χ3n) is 4.24. The van der Waals surface area contributed by atoms with E-state index in [1.165, 1.54) is 26.0 Å². The summed E-state index contributed by atoms with van der Waals surface area (Å²) >= 11 is 7.47. The van der Waals surface area contributed by atoms with Gasteiger partial charge in [-0.2, -0.15) is 5.26 Å². The van der Waals surface area contributed by atoms with Gasteiger partial charge in [-0.25, -0.2) is 4.98 Å². The van der Waals surface area contributed by atoms with Gasteiger partial charge >= 0.3 is 0 Å². The second-order valence-corrected chi connectivity index (χ2v) is 8.15. The molecular weight excluding hydrogens is 410 g/mol. The zero-order valence-corrected chi connectivity index (χ0v) is 18.6. The topological polar surface area (TPSA) is 84.2 Å². The average Bonchev–Trinajstić information content (AvgIpc) is 2.71. The first-order valence-electron chi connectivity index (χ1n) is 9.14. The Morgan fingerprint density at radius 3 is 2.52 bits per heavy atom. The maximum atomic E-state index is 12.9. The number of nitriles is 1. The Morgan fingerprint density at radius 1 is 1.28 bits per heavy atom. The molecule has 0 saturated heterocycles. The van der Waals surface area contributed by atoms with E-state index in [1.54, 1.807) is 18.2 Å². The number of rotatable bonds is 8. The molecule has 154 valence electrons. The summed E-state index contributed by atoms with van der Waals surface area (Å²) in [6.45, 7) is 5.98. The number of hydrogen-bond acceptors (Lipinski definition) is 6. The van der Waals surface area contributed by atoms with Crippen molar-refractivity contribution in [2.45, 2.75) is 43.4 Å². The molecule has 0 fully saturated rings. The summed E-state index contributed by atoms with van der Waals surface area (Å²) in [6, 6.07) is 8.96. The number of carbonyl (C=O) groups is 1. The minimum atomic E-state index is -0.442. The minimum Gasteiger partial charge on any atom is -0.495 e. The van der Waals surface area contributed by atoms with Crippen LogP contribution in [0.3, 0.4) is 0 Å². The standard InChI is InChI=1S/C21H24ClN3O3S/c1-6-19(29-21-13(11-23)7-8-15(25-21)12(2)3)20(26)24-16-9-14(22)17(27-4)10-18(16)28-5/h7-10,12,19H,6H2,1-5H3,(H,24,26). The molecule has 0 aliphatic rings. The van der Waals surface area contributed by atoms with Gasteiger partial charge in [-0.05, 0) is 30.5 Å². The van der Waals surface area contributed by atoms with Crippen molar-refractivity contribution in [3.8, 4) is 17.6 Å². The smallest absolute Gasteiger partial charge is 0.238 e. The molecular formula is C21H24ClN3O3S. The van der Waals surface area contributed by atoms with Crippen molar-refractivity contribution in [1.29, 1.82) is 5.26 Å². The van der Waals surface area contributed by atoms with Crippen molar-refractivity contribution >= 4 is 35.0 Å². The van der Waals surface area contributed by atoms with Gasteiger partial charge in [0.15, 0.2) is 0 Å². The molecule has 0 spiro atoms. The minimum absolute atomic E-state index is 0.224. The molecule has 29 heavy (non-hydrogen) atoms. The molecule has 6 nitrogen and oxygen atoms in total. The summed E-state index contributed by atoms with van der Waals surface area (Å²) in [7, 11) is 3.01. The summed E-state index contributed by atoms with van der Waals surface area (Å²) in [5.41, 5.74) is 1.79. The number of pyridine rings is 1. The first-order chi connectivity index (χ1) is 13.8. The Kier molecular flexibility index (Phi) is 8.18. The highest BCUT2D eigenvalue weighted by atomic mass is 35.5. The highest BCUT2D eigenvalue weighted by Gasteiger charge is 2.23. The molecule has 1 amide bonds. The second-order valence-electron chi connectivity index (χ2n) is 6.55. The van der Waals surface area contributed by atoms with E-state index in [4.69, 9.17) is 21.1 Å². The zero-order chi connectivity index (χ0) is 21.6. The molecule has 2 rings (SSSR count). The van der Waals surface area contributed by atoms with Crippen LogP contribution in [0.4, 0.5) is 5.69 Å². The van der Waals surface area contributed by atoms with Gasteiger partial charge in [-0.15, -0.1) is 0 Å². The number of halogens is 1. The van der Waals surface area contributed by atoms with Gasteiger partial charge in [0, 0.05) is 11.8 Å². The number of aromatic nitrogens is 1. The van der Waals surface area contributed by atoms with Gasteiger partial charge in [0.1, 0.15) is 22.6 Å². The Bertz CT molecular complexity index is 928. The van der Waals surface area contributed by atoms with Crippen molar-refractivity contribution in [3.05, 3.63) is 40.5 Å².